The SMILES string of the molecule is COc1ccc(C(Cl)c2cccc(Br)c2)cc1Br. The lowest BCUT2D eigenvalue weighted by molar-refractivity contribution is 0.412. The summed E-state index contributed by atoms with van der Waals surface area (Å²) in [5.41, 5.74) is 2.09. The van der Waals surface area contributed by atoms with E-state index in [1.165, 1.54) is 0 Å². The Labute approximate surface area is 128 Å². The zero-order valence-corrected chi connectivity index (χ0v) is 13.6. The van der Waals surface area contributed by atoms with Crippen molar-refractivity contribution in [2.24, 2.45) is 0 Å². The molecule has 18 heavy (non-hydrogen) atoms. The van der Waals surface area contributed by atoms with Crippen LogP contribution in [0.4, 0.5) is 0 Å². The van der Waals surface area contributed by atoms with E-state index in [1.54, 1.807) is 7.11 Å². The molecular formula is C14H11Br2ClO. The van der Waals surface area contributed by atoms with Crippen molar-refractivity contribution in [2.45, 2.75) is 5.38 Å². The standard InChI is InChI=1S/C14H11Br2ClO/c1-18-13-6-5-10(8-12(13)16)14(17)9-3-2-4-11(15)7-9/h2-8,14H,1H3. The van der Waals surface area contributed by atoms with E-state index >= 15 is 0 Å². The summed E-state index contributed by atoms with van der Waals surface area (Å²) in [7, 11) is 1.65. The summed E-state index contributed by atoms with van der Waals surface area (Å²) in [6, 6.07) is 13.9. The molecule has 0 N–H and O–H groups in total. The van der Waals surface area contributed by atoms with Crippen LogP contribution < -0.4 is 4.74 Å². The molecule has 2 rings (SSSR count). The van der Waals surface area contributed by atoms with E-state index in [0.29, 0.717) is 0 Å². The quantitative estimate of drug-likeness (QED) is 0.625. The normalized spacial score (nSPS) is 12.2. The summed E-state index contributed by atoms with van der Waals surface area (Å²) in [6.45, 7) is 0. The Bertz CT molecular complexity index is 557. The van der Waals surface area contributed by atoms with Crippen LogP contribution in [-0.2, 0) is 0 Å². The van der Waals surface area contributed by atoms with Crippen LogP contribution in [-0.4, -0.2) is 7.11 Å². The van der Waals surface area contributed by atoms with Crippen molar-refractivity contribution >= 4 is 43.5 Å². The number of alkyl halides is 1. The minimum atomic E-state index is -0.176. The first-order valence-electron chi connectivity index (χ1n) is 5.35. The second-order valence-corrected chi connectivity index (χ2v) is 6.02. The molecule has 0 saturated heterocycles. The van der Waals surface area contributed by atoms with Gasteiger partial charge in [0.15, 0.2) is 0 Å². The molecule has 0 aliphatic heterocycles. The topological polar surface area (TPSA) is 9.23 Å². The molecule has 0 heterocycles. The van der Waals surface area contributed by atoms with E-state index in [1.807, 2.05) is 42.5 Å². The fraction of sp³-hybridized carbons (Fsp3) is 0.143. The Morgan fingerprint density at radius 3 is 2.39 bits per heavy atom. The van der Waals surface area contributed by atoms with E-state index in [0.717, 1.165) is 25.8 Å². The van der Waals surface area contributed by atoms with Crippen LogP contribution in [0, 0.1) is 0 Å². The number of benzene rings is 2. The van der Waals surface area contributed by atoms with E-state index in [2.05, 4.69) is 31.9 Å². The van der Waals surface area contributed by atoms with Gasteiger partial charge in [-0.1, -0.05) is 34.1 Å². The molecule has 0 saturated carbocycles. The van der Waals surface area contributed by atoms with Gasteiger partial charge in [-0.05, 0) is 51.3 Å². The second-order valence-electron chi connectivity index (χ2n) is 3.81. The molecule has 0 spiro atoms. The summed E-state index contributed by atoms with van der Waals surface area (Å²) < 4.78 is 7.14. The Morgan fingerprint density at radius 1 is 1.06 bits per heavy atom. The van der Waals surface area contributed by atoms with Crippen LogP contribution in [0.5, 0.6) is 5.75 Å². The van der Waals surface area contributed by atoms with Crippen LogP contribution in [0.3, 0.4) is 0 Å². The number of hydrogen-bond acceptors (Lipinski definition) is 1. The molecule has 0 fully saturated rings. The smallest absolute Gasteiger partial charge is 0.133 e. The highest BCUT2D eigenvalue weighted by molar-refractivity contribution is 9.10. The average Bonchev–Trinajstić information content (AvgIpc) is 2.37. The summed E-state index contributed by atoms with van der Waals surface area (Å²) in [5.74, 6) is 0.803. The first-order valence-corrected chi connectivity index (χ1v) is 7.37. The zero-order valence-electron chi connectivity index (χ0n) is 9.66. The monoisotopic (exact) mass is 388 g/mol. The minimum Gasteiger partial charge on any atom is -0.496 e. The van der Waals surface area contributed by atoms with Gasteiger partial charge in [0.05, 0.1) is 17.0 Å². The first-order chi connectivity index (χ1) is 8.61. The van der Waals surface area contributed by atoms with Gasteiger partial charge in [-0.15, -0.1) is 11.6 Å². The third kappa shape index (κ3) is 3.08. The Morgan fingerprint density at radius 2 is 1.78 bits per heavy atom. The van der Waals surface area contributed by atoms with Crippen LogP contribution in [0.2, 0.25) is 0 Å². The van der Waals surface area contributed by atoms with Gasteiger partial charge in [-0.3, -0.25) is 0 Å². The molecule has 2 aromatic rings. The number of hydrogen-bond donors (Lipinski definition) is 0. The lowest BCUT2D eigenvalue weighted by Gasteiger charge is -2.12. The number of halogens is 3. The lowest BCUT2D eigenvalue weighted by Crippen LogP contribution is -1.94. The van der Waals surface area contributed by atoms with Crippen LogP contribution in [0.25, 0.3) is 0 Å². The largest absolute Gasteiger partial charge is 0.496 e. The van der Waals surface area contributed by atoms with E-state index in [-0.39, 0.29) is 5.38 Å². The molecule has 0 aliphatic rings. The van der Waals surface area contributed by atoms with Crippen molar-refractivity contribution in [1.29, 1.82) is 0 Å². The van der Waals surface area contributed by atoms with E-state index < -0.39 is 0 Å². The van der Waals surface area contributed by atoms with E-state index in [4.69, 9.17) is 16.3 Å². The molecule has 1 unspecified atom stereocenters. The molecule has 94 valence electrons. The molecule has 0 aliphatic carbocycles. The Kier molecular flexibility index (Phi) is 4.71. The van der Waals surface area contributed by atoms with Crippen LogP contribution in [0.15, 0.2) is 51.4 Å². The molecule has 1 nitrogen and oxygen atoms in total. The van der Waals surface area contributed by atoms with Gasteiger partial charge in [-0.25, -0.2) is 0 Å². The Hall–Kier alpha value is -0.510. The van der Waals surface area contributed by atoms with Crippen molar-refractivity contribution in [1.82, 2.24) is 0 Å². The van der Waals surface area contributed by atoms with Gasteiger partial charge >= 0.3 is 0 Å². The summed E-state index contributed by atoms with van der Waals surface area (Å²) >= 11 is 13.4. The average molecular weight is 391 g/mol. The third-order valence-corrected chi connectivity index (χ3v) is 4.23. The second kappa shape index (κ2) is 6.09. The molecular weight excluding hydrogens is 379 g/mol. The Balaban J connectivity index is 2.34. The maximum Gasteiger partial charge on any atom is 0.133 e. The first kappa shape index (κ1) is 13.9. The lowest BCUT2D eigenvalue weighted by atomic mass is 10.0. The molecule has 0 aromatic heterocycles. The van der Waals surface area contributed by atoms with Gasteiger partial charge in [-0.2, -0.15) is 0 Å². The highest BCUT2D eigenvalue weighted by atomic mass is 79.9. The summed E-state index contributed by atoms with van der Waals surface area (Å²) in [4.78, 5) is 0. The molecule has 2 aromatic carbocycles. The molecule has 1 atom stereocenters. The predicted molar refractivity (Wildman–Crippen MR) is 82.5 cm³/mol. The minimum absolute atomic E-state index is 0.176. The fourth-order valence-corrected chi connectivity index (χ4v) is 2.94. The summed E-state index contributed by atoms with van der Waals surface area (Å²) in [6.07, 6.45) is 0. The molecule has 0 amide bonds. The fourth-order valence-electron chi connectivity index (χ4n) is 1.70. The van der Waals surface area contributed by atoms with E-state index in [9.17, 15) is 0 Å². The van der Waals surface area contributed by atoms with Crippen molar-refractivity contribution in [3.8, 4) is 5.75 Å². The van der Waals surface area contributed by atoms with Crippen molar-refractivity contribution < 1.29 is 4.74 Å². The van der Waals surface area contributed by atoms with Crippen LogP contribution >= 0.6 is 43.5 Å². The summed E-state index contributed by atoms with van der Waals surface area (Å²) in [5, 5.41) is -0.176. The highest BCUT2D eigenvalue weighted by Gasteiger charge is 2.12. The maximum absolute atomic E-state index is 6.49. The third-order valence-electron chi connectivity index (χ3n) is 2.61. The van der Waals surface area contributed by atoms with Crippen LogP contribution in [0.1, 0.15) is 16.5 Å². The van der Waals surface area contributed by atoms with Crippen molar-refractivity contribution in [2.75, 3.05) is 7.11 Å². The molecule has 0 radical (unpaired) electrons. The van der Waals surface area contributed by atoms with Gasteiger partial charge in [0, 0.05) is 4.47 Å². The van der Waals surface area contributed by atoms with Crippen molar-refractivity contribution in [3.63, 3.8) is 0 Å². The van der Waals surface area contributed by atoms with Crippen molar-refractivity contribution in [3.05, 3.63) is 62.5 Å². The molecule has 4 heteroatoms. The zero-order chi connectivity index (χ0) is 13.1. The van der Waals surface area contributed by atoms with Gasteiger partial charge in [0.25, 0.3) is 0 Å². The molecule has 0 bridgehead atoms. The number of ether oxygens (including phenoxy) is 1. The highest BCUT2D eigenvalue weighted by Crippen LogP contribution is 2.34. The van der Waals surface area contributed by atoms with Gasteiger partial charge in [0.2, 0.25) is 0 Å². The van der Waals surface area contributed by atoms with Gasteiger partial charge in [0.1, 0.15) is 5.75 Å². The maximum atomic E-state index is 6.49. The van der Waals surface area contributed by atoms with Gasteiger partial charge < -0.3 is 4.74 Å². The predicted octanol–water partition coefficient (Wildman–Crippen LogP) is 5.55. The number of rotatable bonds is 3. The number of methoxy groups -OCH3 is 1.